The standard InChI is InChI=1S/C38H60NO20PS2/c1-19(2)39(20(3)4)60(50-13-15-61-37-35(56-27(11)46)33(54-25(9)44)31(52-23(7)42)29(58-37)17-48-21(5)40)51-14-16-62-38-36(57-28(12)47)34(55-26(10)45)32(53-24(8)43)30(59-38)18-49-22(6)41/h19-20,29-38H,13-18H2,1-12H3/t29-,30-,31-,32-,33+,34+,35-,36-,37+,38+/m1/s1. The third-order valence-corrected chi connectivity index (χ3v) is 12.6. The zero-order valence-corrected chi connectivity index (χ0v) is 39.6. The first-order chi connectivity index (χ1) is 29.0. The van der Waals surface area contributed by atoms with Crippen molar-refractivity contribution in [3.63, 3.8) is 0 Å². The fraction of sp³-hybridized carbons (Fsp3) is 0.789. The molecule has 0 aromatic heterocycles. The summed E-state index contributed by atoms with van der Waals surface area (Å²) in [5.74, 6) is -5.25. The second-order valence-corrected chi connectivity index (χ2v) is 18.2. The smallest absolute Gasteiger partial charge is 0.303 e. The van der Waals surface area contributed by atoms with Gasteiger partial charge in [0.15, 0.2) is 36.6 Å². The van der Waals surface area contributed by atoms with E-state index in [1.807, 2.05) is 32.4 Å². The summed E-state index contributed by atoms with van der Waals surface area (Å²) >= 11 is 2.31. The second-order valence-electron chi connectivity index (χ2n) is 14.3. The number of rotatable bonds is 23. The van der Waals surface area contributed by atoms with E-state index >= 15 is 0 Å². The lowest BCUT2D eigenvalue weighted by atomic mass is 9.99. The lowest BCUT2D eigenvalue weighted by Gasteiger charge is -2.44. The molecule has 10 atom stereocenters. The highest BCUT2D eigenvalue weighted by Gasteiger charge is 2.53. The fourth-order valence-electron chi connectivity index (χ4n) is 6.35. The average molecular weight is 946 g/mol. The van der Waals surface area contributed by atoms with Crippen LogP contribution in [0.4, 0.5) is 0 Å². The SMILES string of the molecule is CC(=O)OC[C@H]1O[C@@H](SCCOP(OCCS[C@@H]2O[C@H](COC(C)=O)[C@@H](OC(C)=O)[C@H](OC(C)=O)[C@H]2OC(C)=O)N(C(C)C)C(C)C)[C@H](OC(C)=O)[C@@H](OC(C)=O)[C@@H]1OC(C)=O. The Morgan fingerprint density at radius 3 is 1.03 bits per heavy atom. The highest BCUT2D eigenvalue weighted by Crippen LogP contribution is 2.47. The van der Waals surface area contributed by atoms with Crippen LogP contribution in [0.2, 0.25) is 0 Å². The van der Waals surface area contributed by atoms with Crippen molar-refractivity contribution in [3.05, 3.63) is 0 Å². The molecular weight excluding hydrogens is 886 g/mol. The summed E-state index contributed by atoms with van der Waals surface area (Å²) in [6.07, 6.45) is -9.89. The van der Waals surface area contributed by atoms with E-state index in [1.165, 1.54) is 13.8 Å². The number of carbonyl (C=O) groups excluding carboxylic acids is 8. The molecule has 2 rings (SSSR count). The van der Waals surface area contributed by atoms with Gasteiger partial charge in [-0.3, -0.25) is 38.4 Å². The molecule has 2 aliphatic rings. The third kappa shape index (κ3) is 18.8. The van der Waals surface area contributed by atoms with E-state index < -0.39 is 116 Å². The van der Waals surface area contributed by atoms with E-state index in [0.29, 0.717) is 0 Å². The third-order valence-electron chi connectivity index (χ3n) is 8.28. The first kappa shape index (κ1) is 54.8. The molecule has 354 valence electrons. The molecule has 0 amide bonds. The maximum Gasteiger partial charge on any atom is 0.303 e. The van der Waals surface area contributed by atoms with E-state index in [2.05, 4.69) is 0 Å². The Labute approximate surface area is 371 Å². The van der Waals surface area contributed by atoms with Crippen LogP contribution in [0.15, 0.2) is 0 Å². The maximum absolute atomic E-state index is 12.3. The molecule has 2 aliphatic heterocycles. The van der Waals surface area contributed by atoms with Crippen LogP contribution in [0.1, 0.15) is 83.1 Å². The maximum atomic E-state index is 12.3. The van der Waals surface area contributed by atoms with Gasteiger partial charge in [-0.05, 0) is 27.7 Å². The predicted octanol–water partition coefficient (Wildman–Crippen LogP) is 3.00. The Balaban J connectivity index is 2.30. The van der Waals surface area contributed by atoms with Gasteiger partial charge in [0, 0.05) is 79.0 Å². The van der Waals surface area contributed by atoms with Crippen molar-refractivity contribution in [3.8, 4) is 0 Å². The van der Waals surface area contributed by atoms with E-state index in [9.17, 15) is 38.4 Å². The van der Waals surface area contributed by atoms with Crippen LogP contribution in [0.3, 0.4) is 0 Å². The minimum Gasteiger partial charge on any atom is -0.463 e. The summed E-state index contributed by atoms with van der Waals surface area (Å²) in [5.41, 5.74) is -2.01. The summed E-state index contributed by atoms with van der Waals surface area (Å²) in [6.45, 7) is 16.6. The highest BCUT2D eigenvalue weighted by molar-refractivity contribution is 8.00. The molecule has 0 saturated carbocycles. The van der Waals surface area contributed by atoms with Crippen LogP contribution in [0, 0.1) is 0 Å². The van der Waals surface area contributed by atoms with Crippen LogP contribution in [0.5, 0.6) is 0 Å². The minimum atomic E-state index is -1.74. The van der Waals surface area contributed by atoms with Crippen molar-refractivity contribution >= 4 is 79.8 Å². The van der Waals surface area contributed by atoms with E-state index in [4.69, 9.17) is 56.4 Å². The summed E-state index contributed by atoms with van der Waals surface area (Å²) in [6, 6.07) is -0.0816. The molecule has 0 unspecified atom stereocenters. The number of ether oxygens (including phenoxy) is 10. The Morgan fingerprint density at radius 2 is 0.758 bits per heavy atom. The molecule has 0 spiro atoms. The van der Waals surface area contributed by atoms with Gasteiger partial charge < -0.3 is 56.4 Å². The largest absolute Gasteiger partial charge is 0.463 e. The van der Waals surface area contributed by atoms with Gasteiger partial charge in [0.25, 0.3) is 8.53 Å². The second kappa shape index (κ2) is 27.1. The zero-order chi connectivity index (χ0) is 46.8. The van der Waals surface area contributed by atoms with E-state index in [1.54, 1.807) is 0 Å². The molecule has 21 nitrogen and oxygen atoms in total. The molecule has 24 heteroatoms. The highest BCUT2D eigenvalue weighted by atomic mass is 32.2. The molecule has 2 saturated heterocycles. The van der Waals surface area contributed by atoms with Gasteiger partial charge in [-0.2, -0.15) is 0 Å². The monoisotopic (exact) mass is 945 g/mol. The number of nitrogens with zero attached hydrogens (tertiary/aromatic N) is 1. The molecule has 62 heavy (non-hydrogen) atoms. The number of esters is 8. The minimum absolute atomic E-state index is 0.0408. The van der Waals surface area contributed by atoms with Crippen molar-refractivity contribution in [1.29, 1.82) is 0 Å². The molecule has 0 aromatic carbocycles. The van der Waals surface area contributed by atoms with Crippen molar-refractivity contribution < 1.29 is 94.8 Å². The topological polar surface area (TPSA) is 251 Å². The summed E-state index contributed by atoms with van der Waals surface area (Å²) in [7, 11) is -1.74. The zero-order valence-electron chi connectivity index (χ0n) is 37.0. The van der Waals surface area contributed by atoms with Gasteiger partial charge in [0.2, 0.25) is 0 Å². The average Bonchev–Trinajstić information content (AvgIpc) is 3.12. The van der Waals surface area contributed by atoms with Crippen LogP contribution in [-0.4, -0.2) is 162 Å². The molecule has 2 fully saturated rings. The number of thioether (sulfide) groups is 2. The van der Waals surface area contributed by atoms with Crippen molar-refractivity contribution in [1.82, 2.24) is 4.67 Å². The van der Waals surface area contributed by atoms with Crippen molar-refractivity contribution in [2.45, 2.75) is 155 Å². The van der Waals surface area contributed by atoms with E-state index in [0.717, 1.165) is 65.1 Å². The van der Waals surface area contributed by atoms with E-state index in [-0.39, 0.29) is 50.0 Å². The Kier molecular flexibility index (Phi) is 24.0. The Bertz CT molecular complexity index is 1430. The predicted molar refractivity (Wildman–Crippen MR) is 220 cm³/mol. The van der Waals surface area contributed by atoms with Gasteiger partial charge in [0.1, 0.15) is 36.3 Å². The molecule has 0 aromatic rings. The summed E-state index contributed by atoms with van der Waals surface area (Å²) in [5, 5.41) is 0. The molecule has 2 heterocycles. The summed E-state index contributed by atoms with van der Waals surface area (Å²) < 4.78 is 70.5. The Morgan fingerprint density at radius 1 is 0.468 bits per heavy atom. The number of carbonyl (C=O) groups is 8. The lowest BCUT2D eigenvalue weighted by Crippen LogP contribution is -2.61. The molecule has 0 radical (unpaired) electrons. The molecule has 0 aliphatic carbocycles. The van der Waals surface area contributed by atoms with Gasteiger partial charge >= 0.3 is 47.8 Å². The normalized spacial score (nSPS) is 26.1. The van der Waals surface area contributed by atoms with Gasteiger partial charge in [-0.1, -0.05) is 0 Å². The molecular formula is C38H60NO20PS2. The van der Waals surface area contributed by atoms with Gasteiger partial charge in [0.05, 0.1) is 13.2 Å². The quantitative estimate of drug-likeness (QED) is 0.0618. The van der Waals surface area contributed by atoms with Crippen molar-refractivity contribution in [2.24, 2.45) is 0 Å². The first-order valence-electron chi connectivity index (χ1n) is 19.7. The summed E-state index contributed by atoms with van der Waals surface area (Å²) in [4.78, 5) is 96.6. The number of hydrogen-bond donors (Lipinski definition) is 0. The first-order valence-corrected chi connectivity index (χ1v) is 22.9. The lowest BCUT2D eigenvalue weighted by molar-refractivity contribution is -0.237. The van der Waals surface area contributed by atoms with Crippen LogP contribution < -0.4 is 0 Å². The number of hydrogen-bond acceptors (Lipinski definition) is 23. The Hall–Kier alpha value is -3.31. The molecule has 0 N–H and O–H groups in total. The van der Waals surface area contributed by atoms with Gasteiger partial charge in [-0.15, -0.1) is 23.5 Å². The fourth-order valence-corrected chi connectivity index (χ4v) is 10.3. The van der Waals surface area contributed by atoms with Crippen LogP contribution in [0.25, 0.3) is 0 Å². The van der Waals surface area contributed by atoms with Crippen LogP contribution in [-0.2, 0) is 94.8 Å². The van der Waals surface area contributed by atoms with Crippen molar-refractivity contribution in [2.75, 3.05) is 37.9 Å². The van der Waals surface area contributed by atoms with Crippen LogP contribution >= 0.6 is 32.0 Å². The molecule has 0 bridgehead atoms. The van der Waals surface area contributed by atoms with Gasteiger partial charge in [-0.25, -0.2) is 4.67 Å².